The molecule has 96 valence electrons. The summed E-state index contributed by atoms with van der Waals surface area (Å²) in [6.07, 6.45) is 0.770. The number of benzene rings is 1. The number of hydrogen-bond donors (Lipinski definition) is 1. The third kappa shape index (κ3) is 2.70. The van der Waals surface area contributed by atoms with Crippen molar-refractivity contribution in [3.8, 4) is 0 Å². The Bertz CT molecular complexity index is 444. The summed E-state index contributed by atoms with van der Waals surface area (Å²) in [6, 6.07) is 9.63. The Morgan fingerprint density at radius 2 is 2.00 bits per heavy atom. The molecule has 1 fully saturated rings. The zero-order valence-corrected chi connectivity index (χ0v) is 10.7. The van der Waals surface area contributed by atoms with Crippen molar-refractivity contribution in [1.82, 2.24) is 10.2 Å². The zero-order valence-electron chi connectivity index (χ0n) is 10.7. The van der Waals surface area contributed by atoms with E-state index in [-0.39, 0.29) is 24.4 Å². The van der Waals surface area contributed by atoms with Crippen LogP contribution in [0.1, 0.15) is 19.4 Å². The summed E-state index contributed by atoms with van der Waals surface area (Å²) in [6.45, 7) is 3.87. The molecule has 0 saturated carbocycles. The van der Waals surface area contributed by atoms with Crippen LogP contribution in [-0.4, -0.2) is 35.3 Å². The normalized spacial score (nSPS) is 21.7. The minimum Gasteiger partial charge on any atom is -0.343 e. The van der Waals surface area contributed by atoms with Crippen molar-refractivity contribution in [3.63, 3.8) is 0 Å². The summed E-state index contributed by atoms with van der Waals surface area (Å²) in [4.78, 5) is 25.2. The van der Waals surface area contributed by atoms with Crippen molar-refractivity contribution in [2.75, 3.05) is 6.54 Å². The van der Waals surface area contributed by atoms with Crippen LogP contribution in [0, 0.1) is 0 Å². The van der Waals surface area contributed by atoms with E-state index in [1.807, 2.05) is 37.3 Å². The van der Waals surface area contributed by atoms with Crippen molar-refractivity contribution in [2.24, 2.45) is 0 Å². The maximum Gasteiger partial charge on any atom is 0.245 e. The molecule has 2 atom stereocenters. The number of carbonyl (C=O) groups is 2. The van der Waals surface area contributed by atoms with Crippen molar-refractivity contribution >= 4 is 11.8 Å². The minimum absolute atomic E-state index is 0.00182. The van der Waals surface area contributed by atoms with Gasteiger partial charge in [0.1, 0.15) is 6.04 Å². The molecule has 0 radical (unpaired) electrons. The first-order chi connectivity index (χ1) is 8.58. The van der Waals surface area contributed by atoms with E-state index in [0.29, 0.717) is 0 Å². The van der Waals surface area contributed by atoms with Crippen molar-refractivity contribution in [2.45, 2.75) is 32.4 Å². The fourth-order valence-corrected chi connectivity index (χ4v) is 2.27. The molecule has 1 saturated heterocycles. The van der Waals surface area contributed by atoms with E-state index in [9.17, 15) is 9.59 Å². The maximum absolute atomic E-state index is 12.0. The second-order valence-electron chi connectivity index (χ2n) is 4.79. The summed E-state index contributed by atoms with van der Waals surface area (Å²) in [5, 5.41) is 2.65. The lowest BCUT2D eigenvalue weighted by atomic mass is 10.0. The van der Waals surface area contributed by atoms with Crippen LogP contribution in [0.5, 0.6) is 0 Å². The molecular weight excluding hydrogens is 228 g/mol. The largest absolute Gasteiger partial charge is 0.343 e. The van der Waals surface area contributed by atoms with Gasteiger partial charge in [-0.3, -0.25) is 9.59 Å². The van der Waals surface area contributed by atoms with Gasteiger partial charge in [0.2, 0.25) is 11.8 Å². The van der Waals surface area contributed by atoms with Crippen molar-refractivity contribution in [1.29, 1.82) is 0 Å². The molecule has 4 heteroatoms. The van der Waals surface area contributed by atoms with Gasteiger partial charge in [-0.2, -0.15) is 0 Å². The molecule has 0 aliphatic carbocycles. The van der Waals surface area contributed by atoms with Crippen LogP contribution >= 0.6 is 0 Å². The molecule has 1 aliphatic rings. The third-order valence-electron chi connectivity index (χ3n) is 3.25. The molecule has 2 amide bonds. The summed E-state index contributed by atoms with van der Waals surface area (Å²) in [5.74, 6) is -0.0833. The van der Waals surface area contributed by atoms with Crippen molar-refractivity contribution < 1.29 is 9.59 Å². The predicted octanol–water partition coefficient (Wildman–Crippen LogP) is 0.964. The van der Waals surface area contributed by atoms with Crippen LogP contribution < -0.4 is 5.32 Å². The summed E-state index contributed by atoms with van der Waals surface area (Å²) < 4.78 is 0. The molecule has 1 N–H and O–H groups in total. The monoisotopic (exact) mass is 246 g/mol. The fourth-order valence-electron chi connectivity index (χ4n) is 2.27. The number of amides is 2. The summed E-state index contributed by atoms with van der Waals surface area (Å²) >= 11 is 0. The van der Waals surface area contributed by atoms with Gasteiger partial charge in [-0.25, -0.2) is 0 Å². The van der Waals surface area contributed by atoms with E-state index in [0.717, 1.165) is 6.42 Å². The summed E-state index contributed by atoms with van der Waals surface area (Å²) in [5.41, 5.74) is 1.18. The van der Waals surface area contributed by atoms with E-state index in [4.69, 9.17) is 0 Å². The lowest BCUT2D eigenvalue weighted by Crippen LogP contribution is -2.59. The molecule has 1 aromatic carbocycles. The van der Waals surface area contributed by atoms with Crippen LogP contribution in [0.2, 0.25) is 0 Å². The highest BCUT2D eigenvalue weighted by Gasteiger charge is 2.32. The van der Waals surface area contributed by atoms with Gasteiger partial charge < -0.3 is 10.2 Å². The van der Waals surface area contributed by atoms with Gasteiger partial charge in [0.25, 0.3) is 0 Å². The maximum atomic E-state index is 12.0. The molecule has 1 aliphatic heterocycles. The lowest BCUT2D eigenvalue weighted by Gasteiger charge is -2.35. The molecule has 18 heavy (non-hydrogen) atoms. The van der Waals surface area contributed by atoms with E-state index in [2.05, 4.69) is 5.32 Å². The Kier molecular flexibility index (Phi) is 3.65. The average Bonchev–Trinajstić information content (AvgIpc) is 2.35. The van der Waals surface area contributed by atoms with E-state index in [1.165, 1.54) is 5.56 Å². The molecule has 2 rings (SSSR count). The van der Waals surface area contributed by atoms with E-state index >= 15 is 0 Å². The van der Waals surface area contributed by atoms with Crippen molar-refractivity contribution in [3.05, 3.63) is 35.9 Å². The standard InChI is InChI=1S/C14H18N2O2/c1-10(8-12-6-4-3-5-7-12)16-9-13(17)15-11(2)14(16)18/h3-7,10-11H,8-9H2,1-2H3,(H,15,17). The molecule has 0 aromatic heterocycles. The van der Waals surface area contributed by atoms with Gasteiger partial charge in [-0.15, -0.1) is 0 Å². The van der Waals surface area contributed by atoms with Crippen LogP contribution in [0.15, 0.2) is 30.3 Å². The molecular formula is C14H18N2O2. The van der Waals surface area contributed by atoms with E-state index < -0.39 is 6.04 Å². The molecule has 0 bridgehead atoms. The highest BCUT2D eigenvalue weighted by molar-refractivity contribution is 5.94. The van der Waals surface area contributed by atoms with E-state index in [1.54, 1.807) is 11.8 Å². The second-order valence-corrected chi connectivity index (χ2v) is 4.79. The Morgan fingerprint density at radius 1 is 1.33 bits per heavy atom. The number of rotatable bonds is 3. The second kappa shape index (κ2) is 5.21. The van der Waals surface area contributed by atoms with Crippen LogP contribution in [0.4, 0.5) is 0 Å². The predicted molar refractivity (Wildman–Crippen MR) is 68.9 cm³/mol. The quantitative estimate of drug-likeness (QED) is 0.863. The van der Waals surface area contributed by atoms with Crippen LogP contribution in [-0.2, 0) is 16.0 Å². The Morgan fingerprint density at radius 3 is 2.67 bits per heavy atom. The third-order valence-corrected chi connectivity index (χ3v) is 3.25. The Hall–Kier alpha value is -1.84. The van der Waals surface area contributed by atoms with Gasteiger partial charge in [0.05, 0.1) is 6.54 Å². The molecule has 4 nitrogen and oxygen atoms in total. The number of piperazine rings is 1. The van der Waals surface area contributed by atoms with Gasteiger partial charge >= 0.3 is 0 Å². The molecule has 0 spiro atoms. The zero-order chi connectivity index (χ0) is 13.1. The number of hydrogen-bond acceptors (Lipinski definition) is 2. The minimum atomic E-state index is -0.413. The van der Waals surface area contributed by atoms with Gasteiger partial charge in [-0.1, -0.05) is 30.3 Å². The SMILES string of the molecule is CC1NC(=O)CN(C(C)Cc2ccccc2)C1=O. The van der Waals surface area contributed by atoms with Gasteiger partial charge in [0.15, 0.2) is 0 Å². The number of nitrogens with one attached hydrogen (secondary N) is 1. The first kappa shape index (κ1) is 12.6. The average molecular weight is 246 g/mol. The first-order valence-electron chi connectivity index (χ1n) is 6.21. The van der Waals surface area contributed by atoms with Gasteiger partial charge in [-0.05, 0) is 25.8 Å². The Labute approximate surface area is 107 Å². The molecule has 1 heterocycles. The van der Waals surface area contributed by atoms with Gasteiger partial charge in [0, 0.05) is 6.04 Å². The number of carbonyl (C=O) groups excluding carboxylic acids is 2. The molecule has 2 unspecified atom stereocenters. The Balaban J connectivity index is 2.06. The summed E-state index contributed by atoms with van der Waals surface area (Å²) in [7, 11) is 0. The highest BCUT2D eigenvalue weighted by atomic mass is 16.2. The number of nitrogens with zero attached hydrogens (tertiary/aromatic N) is 1. The highest BCUT2D eigenvalue weighted by Crippen LogP contribution is 2.12. The first-order valence-corrected chi connectivity index (χ1v) is 6.21. The van der Waals surface area contributed by atoms with Crippen LogP contribution in [0.25, 0.3) is 0 Å². The van der Waals surface area contributed by atoms with Crippen LogP contribution in [0.3, 0.4) is 0 Å². The lowest BCUT2D eigenvalue weighted by molar-refractivity contribution is -0.145. The molecule has 1 aromatic rings. The fraction of sp³-hybridized carbons (Fsp3) is 0.429. The smallest absolute Gasteiger partial charge is 0.245 e. The topological polar surface area (TPSA) is 49.4 Å².